The molecular weight excluding hydrogens is 351 g/mol. The molecule has 1 saturated heterocycles. The van der Waals surface area contributed by atoms with Crippen LogP contribution in [-0.4, -0.2) is 52.5 Å². The number of benzene rings is 1. The molecule has 7 nitrogen and oxygen atoms in total. The third kappa shape index (κ3) is 4.79. The first-order valence-electron chi connectivity index (χ1n) is 8.64. The van der Waals surface area contributed by atoms with E-state index in [1.165, 1.54) is 18.5 Å². The Hall–Kier alpha value is -3.00. The Balaban J connectivity index is 1.62. The molecule has 2 heterocycles. The predicted octanol–water partition coefficient (Wildman–Crippen LogP) is 2.16. The van der Waals surface area contributed by atoms with Crippen LogP contribution in [0.3, 0.4) is 0 Å². The molecule has 0 aliphatic carbocycles. The van der Waals surface area contributed by atoms with Gasteiger partial charge in [0.1, 0.15) is 5.82 Å². The van der Waals surface area contributed by atoms with E-state index in [9.17, 15) is 14.0 Å². The van der Waals surface area contributed by atoms with Crippen molar-refractivity contribution in [3.05, 3.63) is 53.6 Å². The van der Waals surface area contributed by atoms with Crippen molar-refractivity contribution in [2.24, 2.45) is 0 Å². The molecule has 0 radical (unpaired) electrons. The number of likely N-dealkylation sites (tertiary alicyclic amines) is 1. The first kappa shape index (κ1) is 18.8. The molecule has 142 valence electrons. The van der Waals surface area contributed by atoms with E-state index in [4.69, 9.17) is 5.11 Å². The molecule has 2 aromatic rings. The summed E-state index contributed by atoms with van der Waals surface area (Å²) in [5.74, 6) is -1.52. The number of amides is 1. The molecule has 0 bridgehead atoms. The second-order valence-electron chi connectivity index (χ2n) is 6.60. The number of carboxylic acid groups (broad SMARTS) is 1. The summed E-state index contributed by atoms with van der Waals surface area (Å²) >= 11 is 0. The van der Waals surface area contributed by atoms with Gasteiger partial charge in [-0.05, 0) is 30.7 Å². The number of aliphatic carboxylic acids is 1. The molecule has 3 rings (SSSR count). The second-order valence-corrected chi connectivity index (χ2v) is 6.60. The minimum absolute atomic E-state index is 0.0385. The summed E-state index contributed by atoms with van der Waals surface area (Å²) in [6, 6.07) is 6.35. The van der Waals surface area contributed by atoms with Crippen LogP contribution in [0.5, 0.6) is 0 Å². The SMILES string of the molecule is Cc1ccc(Nc2cnccc2C(=O)NC2CN(CCC(=O)O)C2)c(F)c1. The largest absolute Gasteiger partial charge is 0.481 e. The number of carboxylic acids is 1. The van der Waals surface area contributed by atoms with Crippen molar-refractivity contribution in [1.29, 1.82) is 0 Å². The maximum Gasteiger partial charge on any atom is 0.304 e. The predicted molar refractivity (Wildman–Crippen MR) is 98.6 cm³/mol. The van der Waals surface area contributed by atoms with Gasteiger partial charge in [0.05, 0.1) is 35.6 Å². The van der Waals surface area contributed by atoms with Crippen molar-refractivity contribution >= 4 is 23.3 Å². The fraction of sp³-hybridized carbons (Fsp3) is 0.316. The Labute approximate surface area is 156 Å². The van der Waals surface area contributed by atoms with Crippen LogP contribution < -0.4 is 10.6 Å². The monoisotopic (exact) mass is 372 g/mol. The normalized spacial score (nSPS) is 14.4. The molecule has 0 saturated carbocycles. The lowest BCUT2D eigenvalue weighted by atomic mass is 10.1. The number of carbonyl (C=O) groups is 2. The number of hydrogen-bond donors (Lipinski definition) is 3. The lowest BCUT2D eigenvalue weighted by molar-refractivity contribution is -0.137. The van der Waals surface area contributed by atoms with Crippen LogP contribution in [0.15, 0.2) is 36.7 Å². The number of pyridine rings is 1. The van der Waals surface area contributed by atoms with Gasteiger partial charge in [-0.25, -0.2) is 4.39 Å². The molecule has 1 fully saturated rings. The van der Waals surface area contributed by atoms with Gasteiger partial charge in [-0.3, -0.25) is 19.5 Å². The van der Waals surface area contributed by atoms with E-state index in [2.05, 4.69) is 15.6 Å². The molecule has 0 atom stereocenters. The number of nitrogens with one attached hydrogen (secondary N) is 2. The Morgan fingerprint density at radius 2 is 2.07 bits per heavy atom. The van der Waals surface area contributed by atoms with Crippen LogP contribution >= 0.6 is 0 Å². The second kappa shape index (κ2) is 8.13. The molecular formula is C19H21FN4O3. The van der Waals surface area contributed by atoms with Crippen molar-refractivity contribution < 1.29 is 19.1 Å². The average molecular weight is 372 g/mol. The molecule has 1 aliphatic rings. The molecule has 8 heteroatoms. The van der Waals surface area contributed by atoms with Crippen LogP contribution in [0.2, 0.25) is 0 Å². The van der Waals surface area contributed by atoms with Crippen molar-refractivity contribution in [1.82, 2.24) is 15.2 Å². The number of aromatic nitrogens is 1. The van der Waals surface area contributed by atoms with E-state index in [0.717, 1.165) is 5.56 Å². The number of halogens is 1. The van der Waals surface area contributed by atoms with Gasteiger partial charge in [-0.2, -0.15) is 0 Å². The fourth-order valence-corrected chi connectivity index (χ4v) is 2.92. The minimum atomic E-state index is -0.835. The Morgan fingerprint density at radius 1 is 1.30 bits per heavy atom. The summed E-state index contributed by atoms with van der Waals surface area (Å²) < 4.78 is 14.1. The average Bonchev–Trinajstić information content (AvgIpc) is 2.59. The zero-order valence-electron chi connectivity index (χ0n) is 14.9. The number of aryl methyl sites for hydroxylation is 1. The Bertz CT molecular complexity index is 853. The molecule has 27 heavy (non-hydrogen) atoms. The molecule has 1 aromatic heterocycles. The first-order valence-corrected chi connectivity index (χ1v) is 8.64. The van der Waals surface area contributed by atoms with Gasteiger partial charge in [0.2, 0.25) is 0 Å². The molecule has 1 aliphatic heterocycles. The quantitative estimate of drug-likeness (QED) is 0.690. The van der Waals surface area contributed by atoms with Crippen LogP contribution in [0, 0.1) is 12.7 Å². The van der Waals surface area contributed by atoms with Gasteiger partial charge in [0.25, 0.3) is 5.91 Å². The zero-order chi connectivity index (χ0) is 19.4. The van der Waals surface area contributed by atoms with E-state index in [0.29, 0.717) is 30.9 Å². The van der Waals surface area contributed by atoms with Gasteiger partial charge >= 0.3 is 5.97 Å². The summed E-state index contributed by atoms with van der Waals surface area (Å²) in [7, 11) is 0. The summed E-state index contributed by atoms with van der Waals surface area (Å²) in [6.45, 7) is 3.49. The molecule has 0 spiro atoms. The van der Waals surface area contributed by atoms with Crippen molar-refractivity contribution in [2.45, 2.75) is 19.4 Å². The highest BCUT2D eigenvalue weighted by molar-refractivity contribution is 6.00. The lowest BCUT2D eigenvalue weighted by Gasteiger charge is -2.39. The van der Waals surface area contributed by atoms with Gasteiger partial charge in [0, 0.05) is 25.8 Å². The molecule has 0 unspecified atom stereocenters. The van der Waals surface area contributed by atoms with Crippen molar-refractivity contribution in [2.75, 3.05) is 25.0 Å². The molecule has 3 N–H and O–H groups in total. The van der Waals surface area contributed by atoms with Crippen LogP contribution in [0.25, 0.3) is 0 Å². The highest BCUT2D eigenvalue weighted by Gasteiger charge is 2.28. The number of hydrogen-bond acceptors (Lipinski definition) is 5. The zero-order valence-corrected chi connectivity index (χ0v) is 14.9. The third-order valence-electron chi connectivity index (χ3n) is 4.39. The summed E-state index contributed by atoms with van der Waals surface area (Å²) in [5.41, 5.74) is 1.86. The smallest absolute Gasteiger partial charge is 0.304 e. The maximum atomic E-state index is 14.1. The number of carbonyl (C=O) groups excluding carboxylic acids is 1. The van der Waals surface area contributed by atoms with Gasteiger partial charge in [-0.1, -0.05) is 6.07 Å². The maximum absolute atomic E-state index is 14.1. The number of anilines is 2. The number of nitrogens with zero attached hydrogens (tertiary/aromatic N) is 2. The van der Waals surface area contributed by atoms with Crippen molar-refractivity contribution in [3.63, 3.8) is 0 Å². The van der Waals surface area contributed by atoms with E-state index >= 15 is 0 Å². The highest BCUT2D eigenvalue weighted by Crippen LogP contribution is 2.23. The first-order chi connectivity index (χ1) is 12.9. The Kier molecular flexibility index (Phi) is 5.66. The van der Waals surface area contributed by atoms with Crippen molar-refractivity contribution in [3.8, 4) is 0 Å². The standard InChI is InChI=1S/C19H21FN4O3/c1-12-2-3-16(15(20)8-12)23-17-9-21-6-4-14(17)19(27)22-13-10-24(11-13)7-5-18(25)26/h2-4,6,8-9,13,23H,5,7,10-11H2,1H3,(H,22,27)(H,25,26). The third-order valence-corrected chi connectivity index (χ3v) is 4.39. The fourth-order valence-electron chi connectivity index (χ4n) is 2.92. The molecule has 1 amide bonds. The van der Waals surface area contributed by atoms with Gasteiger partial charge < -0.3 is 15.7 Å². The van der Waals surface area contributed by atoms with Crippen LogP contribution in [0.1, 0.15) is 22.3 Å². The Morgan fingerprint density at radius 3 is 2.78 bits per heavy atom. The number of rotatable bonds is 7. The topological polar surface area (TPSA) is 94.6 Å². The van der Waals surface area contributed by atoms with Gasteiger partial charge in [0.15, 0.2) is 0 Å². The summed E-state index contributed by atoms with van der Waals surface area (Å²) in [6.07, 6.45) is 3.07. The highest BCUT2D eigenvalue weighted by atomic mass is 19.1. The minimum Gasteiger partial charge on any atom is -0.481 e. The van der Waals surface area contributed by atoms with Crippen LogP contribution in [-0.2, 0) is 4.79 Å². The van der Waals surface area contributed by atoms with E-state index in [1.54, 1.807) is 25.1 Å². The van der Waals surface area contributed by atoms with Crippen LogP contribution in [0.4, 0.5) is 15.8 Å². The molecule has 1 aromatic carbocycles. The lowest BCUT2D eigenvalue weighted by Crippen LogP contribution is -2.59. The van der Waals surface area contributed by atoms with E-state index in [1.807, 2.05) is 4.90 Å². The van der Waals surface area contributed by atoms with E-state index < -0.39 is 11.8 Å². The van der Waals surface area contributed by atoms with E-state index in [-0.39, 0.29) is 24.1 Å². The summed E-state index contributed by atoms with van der Waals surface area (Å²) in [5, 5.41) is 14.5. The van der Waals surface area contributed by atoms with Gasteiger partial charge in [-0.15, -0.1) is 0 Å². The summed E-state index contributed by atoms with van der Waals surface area (Å²) in [4.78, 5) is 29.1.